The maximum Gasteiger partial charge on any atom is 0.327 e. The highest BCUT2D eigenvalue weighted by Crippen LogP contribution is 2.34. The van der Waals surface area contributed by atoms with Gasteiger partial charge in [-0.2, -0.15) is 11.8 Å². The molecule has 1 saturated heterocycles. The molecule has 0 saturated carbocycles. The zero-order chi connectivity index (χ0) is 14.0. The van der Waals surface area contributed by atoms with E-state index in [0.717, 1.165) is 5.75 Å². The molecule has 1 aliphatic heterocycles. The summed E-state index contributed by atoms with van der Waals surface area (Å²) < 4.78 is 0. The summed E-state index contributed by atoms with van der Waals surface area (Å²) >= 11 is 7.28. The Morgan fingerprint density at radius 1 is 1.58 bits per heavy atom. The Morgan fingerprint density at radius 3 is 2.95 bits per heavy atom. The predicted octanol–water partition coefficient (Wildman–Crippen LogP) is 2.25. The van der Waals surface area contributed by atoms with Crippen LogP contribution in [0.25, 0.3) is 0 Å². The number of nitro groups is 1. The summed E-state index contributed by atoms with van der Waals surface area (Å²) in [5.41, 5.74) is 0.146. The fraction of sp³-hybridized carbons (Fsp3) is 0.364. The Balaban J connectivity index is 2.44. The lowest BCUT2D eigenvalue weighted by atomic mass is 10.2. The standard InChI is InChI=1S/C11H11ClN2O4S/c12-7-1-2-8(9(5-7)14(17)18)13-3-4-19-6-10(13)11(15)16/h1-2,5,10H,3-4,6H2,(H,15,16). The SMILES string of the molecule is O=C(O)C1CSCCN1c1ccc(Cl)cc1[N+](=O)[O-]. The molecule has 1 heterocycles. The lowest BCUT2D eigenvalue weighted by Crippen LogP contribution is -2.47. The number of carboxylic acids is 1. The largest absolute Gasteiger partial charge is 0.480 e. The molecule has 2 rings (SSSR count). The van der Waals surface area contributed by atoms with Crippen molar-refractivity contribution in [3.8, 4) is 0 Å². The highest BCUT2D eigenvalue weighted by molar-refractivity contribution is 7.99. The lowest BCUT2D eigenvalue weighted by Gasteiger charge is -2.34. The number of benzene rings is 1. The van der Waals surface area contributed by atoms with E-state index < -0.39 is 16.9 Å². The van der Waals surface area contributed by atoms with Gasteiger partial charge in [-0.05, 0) is 12.1 Å². The van der Waals surface area contributed by atoms with Gasteiger partial charge in [0.2, 0.25) is 0 Å². The molecule has 0 aliphatic carbocycles. The minimum Gasteiger partial charge on any atom is -0.480 e. The van der Waals surface area contributed by atoms with E-state index in [1.807, 2.05) is 0 Å². The van der Waals surface area contributed by atoms with Gasteiger partial charge in [0.15, 0.2) is 0 Å². The Kier molecular flexibility index (Phi) is 4.16. The highest BCUT2D eigenvalue weighted by atomic mass is 35.5. The average molecular weight is 303 g/mol. The van der Waals surface area contributed by atoms with Gasteiger partial charge in [0.05, 0.1) is 4.92 Å². The van der Waals surface area contributed by atoms with E-state index in [1.165, 1.54) is 30.0 Å². The van der Waals surface area contributed by atoms with Gasteiger partial charge in [0.1, 0.15) is 11.7 Å². The number of nitrogens with zero attached hydrogens (tertiary/aromatic N) is 2. The Morgan fingerprint density at radius 2 is 2.32 bits per heavy atom. The lowest BCUT2D eigenvalue weighted by molar-refractivity contribution is -0.384. The number of carboxylic acid groups (broad SMARTS) is 1. The smallest absolute Gasteiger partial charge is 0.327 e. The molecule has 1 fully saturated rings. The first-order valence-electron chi connectivity index (χ1n) is 5.52. The number of nitro benzene ring substituents is 1. The van der Waals surface area contributed by atoms with Crippen LogP contribution in [0.1, 0.15) is 0 Å². The Hall–Kier alpha value is -1.47. The fourth-order valence-corrected chi connectivity index (χ4v) is 3.19. The molecule has 6 nitrogen and oxygen atoms in total. The zero-order valence-electron chi connectivity index (χ0n) is 9.78. The maximum absolute atomic E-state index is 11.2. The number of rotatable bonds is 3. The number of hydrogen-bond acceptors (Lipinski definition) is 5. The van der Waals surface area contributed by atoms with Crippen molar-refractivity contribution >= 4 is 40.7 Å². The Bertz CT molecular complexity index is 525. The maximum atomic E-state index is 11.2. The van der Waals surface area contributed by atoms with Crippen molar-refractivity contribution in [3.05, 3.63) is 33.3 Å². The van der Waals surface area contributed by atoms with Crippen molar-refractivity contribution in [3.63, 3.8) is 0 Å². The molecule has 19 heavy (non-hydrogen) atoms. The van der Waals surface area contributed by atoms with Gasteiger partial charge >= 0.3 is 5.97 Å². The minimum absolute atomic E-state index is 0.161. The third-order valence-corrected chi connectivity index (χ3v) is 4.11. The summed E-state index contributed by atoms with van der Waals surface area (Å²) in [6.45, 7) is 0.462. The molecule has 1 unspecified atom stereocenters. The van der Waals surface area contributed by atoms with E-state index >= 15 is 0 Å². The van der Waals surface area contributed by atoms with Gasteiger partial charge < -0.3 is 10.0 Å². The van der Waals surface area contributed by atoms with Crippen molar-refractivity contribution < 1.29 is 14.8 Å². The van der Waals surface area contributed by atoms with E-state index in [-0.39, 0.29) is 10.7 Å². The second-order valence-electron chi connectivity index (χ2n) is 4.01. The van der Waals surface area contributed by atoms with Gasteiger partial charge in [0, 0.05) is 29.1 Å². The van der Waals surface area contributed by atoms with Crippen LogP contribution in [0.3, 0.4) is 0 Å². The molecule has 8 heteroatoms. The number of thioether (sulfide) groups is 1. The molecule has 1 atom stereocenters. The van der Waals surface area contributed by atoms with Crippen LogP contribution in [0.15, 0.2) is 18.2 Å². The molecule has 0 radical (unpaired) electrons. The molecule has 102 valence electrons. The topological polar surface area (TPSA) is 83.7 Å². The number of anilines is 1. The van der Waals surface area contributed by atoms with Crippen LogP contribution in [-0.4, -0.2) is 40.1 Å². The molecule has 1 aromatic rings. The average Bonchev–Trinajstić information content (AvgIpc) is 2.38. The summed E-state index contributed by atoms with van der Waals surface area (Å²) in [5, 5.41) is 20.5. The van der Waals surface area contributed by atoms with Crippen LogP contribution >= 0.6 is 23.4 Å². The van der Waals surface area contributed by atoms with Crippen LogP contribution < -0.4 is 4.90 Å². The summed E-state index contributed by atoms with van der Waals surface area (Å²) in [6.07, 6.45) is 0. The number of carbonyl (C=O) groups is 1. The molecule has 0 amide bonds. The van der Waals surface area contributed by atoms with E-state index in [4.69, 9.17) is 11.6 Å². The highest BCUT2D eigenvalue weighted by Gasteiger charge is 2.32. The molecular formula is C11H11ClN2O4S. The van der Waals surface area contributed by atoms with Crippen LogP contribution in [0.5, 0.6) is 0 Å². The quantitative estimate of drug-likeness (QED) is 0.681. The predicted molar refractivity (Wildman–Crippen MR) is 74.2 cm³/mol. The van der Waals surface area contributed by atoms with Crippen molar-refractivity contribution in [2.45, 2.75) is 6.04 Å². The molecule has 0 bridgehead atoms. The number of hydrogen-bond donors (Lipinski definition) is 1. The first-order valence-corrected chi connectivity index (χ1v) is 7.05. The van der Waals surface area contributed by atoms with Crippen molar-refractivity contribution in [1.82, 2.24) is 0 Å². The van der Waals surface area contributed by atoms with Crippen molar-refractivity contribution in [2.75, 3.05) is 23.0 Å². The van der Waals surface area contributed by atoms with Crippen LogP contribution in [0, 0.1) is 10.1 Å². The molecular weight excluding hydrogens is 292 g/mol. The summed E-state index contributed by atoms with van der Waals surface area (Å²) in [5.74, 6) is 0.176. The van der Waals surface area contributed by atoms with E-state index in [0.29, 0.717) is 18.0 Å². The monoisotopic (exact) mass is 302 g/mol. The van der Waals surface area contributed by atoms with E-state index in [1.54, 1.807) is 4.90 Å². The molecule has 0 spiro atoms. The minimum atomic E-state index is -0.976. The zero-order valence-corrected chi connectivity index (χ0v) is 11.4. The molecule has 1 aliphatic rings. The van der Waals surface area contributed by atoms with Gasteiger partial charge in [-0.15, -0.1) is 0 Å². The second kappa shape index (κ2) is 5.66. The number of halogens is 1. The van der Waals surface area contributed by atoms with Gasteiger partial charge in [-0.1, -0.05) is 11.6 Å². The third kappa shape index (κ3) is 2.93. The number of aliphatic carboxylic acids is 1. The Labute approximate surface area is 118 Å². The second-order valence-corrected chi connectivity index (χ2v) is 5.60. The van der Waals surface area contributed by atoms with Crippen LogP contribution in [-0.2, 0) is 4.79 Å². The van der Waals surface area contributed by atoms with E-state index in [9.17, 15) is 20.0 Å². The van der Waals surface area contributed by atoms with Crippen molar-refractivity contribution in [1.29, 1.82) is 0 Å². The van der Waals surface area contributed by atoms with Crippen LogP contribution in [0.2, 0.25) is 5.02 Å². The summed E-state index contributed by atoms with van der Waals surface area (Å²) in [4.78, 5) is 23.3. The normalized spacial score (nSPS) is 19.2. The molecule has 0 aromatic heterocycles. The first-order chi connectivity index (χ1) is 9.00. The first kappa shape index (κ1) is 14.0. The molecule has 1 N–H and O–H groups in total. The third-order valence-electron chi connectivity index (χ3n) is 2.86. The summed E-state index contributed by atoms with van der Waals surface area (Å²) in [7, 11) is 0. The van der Waals surface area contributed by atoms with Gasteiger partial charge in [-0.3, -0.25) is 10.1 Å². The van der Waals surface area contributed by atoms with E-state index in [2.05, 4.69) is 0 Å². The molecule has 1 aromatic carbocycles. The van der Waals surface area contributed by atoms with Crippen LogP contribution in [0.4, 0.5) is 11.4 Å². The van der Waals surface area contributed by atoms with Gasteiger partial charge in [0.25, 0.3) is 5.69 Å². The van der Waals surface area contributed by atoms with Crippen molar-refractivity contribution in [2.24, 2.45) is 0 Å². The fourth-order valence-electron chi connectivity index (χ4n) is 1.98. The van der Waals surface area contributed by atoms with Gasteiger partial charge in [-0.25, -0.2) is 4.79 Å². The summed E-state index contributed by atoms with van der Waals surface area (Å²) in [6, 6.07) is 3.53.